The Morgan fingerprint density at radius 2 is 2.04 bits per heavy atom. The molecule has 1 fully saturated rings. The first kappa shape index (κ1) is 21.9. The van der Waals surface area contributed by atoms with Gasteiger partial charge in [-0.1, -0.05) is 25.1 Å². The first-order valence-corrected chi connectivity index (χ1v) is 9.59. The highest BCUT2D eigenvalue weighted by Crippen LogP contribution is 2.27. The molecule has 2 aliphatic heterocycles. The molecule has 0 saturated carbocycles. The SMILES string of the molecule is CN=C(NCC(=O)N1CCc2ccccc21)NC1CN(C(C)C)CC1C.I. The lowest BCUT2D eigenvalue weighted by atomic mass is 10.1. The van der Waals surface area contributed by atoms with E-state index in [0.717, 1.165) is 31.7 Å². The van der Waals surface area contributed by atoms with Crippen molar-refractivity contribution >= 4 is 41.5 Å². The molecular weight excluding hydrogens is 453 g/mol. The van der Waals surface area contributed by atoms with E-state index in [4.69, 9.17) is 0 Å². The molecule has 27 heavy (non-hydrogen) atoms. The van der Waals surface area contributed by atoms with Crippen molar-refractivity contribution in [3.63, 3.8) is 0 Å². The minimum absolute atomic E-state index is 0. The molecule has 0 radical (unpaired) electrons. The van der Waals surface area contributed by atoms with Crippen molar-refractivity contribution in [3.05, 3.63) is 29.8 Å². The summed E-state index contributed by atoms with van der Waals surface area (Å²) in [6.45, 7) is 9.84. The molecule has 0 bridgehead atoms. The van der Waals surface area contributed by atoms with E-state index in [9.17, 15) is 4.79 Å². The minimum Gasteiger partial charge on any atom is -0.352 e. The predicted molar refractivity (Wildman–Crippen MR) is 122 cm³/mol. The van der Waals surface area contributed by atoms with Crippen molar-refractivity contribution in [3.8, 4) is 0 Å². The average Bonchev–Trinajstić information content (AvgIpc) is 3.22. The van der Waals surface area contributed by atoms with E-state index in [2.05, 4.69) is 47.4 Å². The summed E-state index contributed by atoms with van der Waals surface area (Å²) in [5.74, 6) is 1.34. The lowest BCUT2D eigenvalue weighted by molar-refractivity contribution is -0.117. The van der Waals surface area contributed by atoms with Crippen LogP contribution in [0.25, 0.3) is 0 Å². The van der Waals surface area contributed by atoms with Crippen LogP contribution < -0.4 is 15.5 Å². The van der Waals surface area contributed by atoms with Crippen LogP contribution in [-0.2, 0) is 11.2 Å². The Bertz CT molecular complexity index is 678. The van der Waals surface area contributed by atoms with Gasteiger partial charge in [0.05, 0.1) is 6.54 Å². The van der Waals surface area contributed by atoms with Gasteiger partial charge in [0, 0.05) is 44.5 Å². The van der Waals surface area contributed by atoms with Crippen LogP contribution >= 0.6 is 24.0 Å². The fourth-order valence-corrected chi connectivity index (χ4v) is 3.84. The number of para-hydroxylation sites is 1. The van der Waals surface area contributed by atoms with Crippen LogP contribution in [0.4, 0.5) is 5.69 Å². The zero-order chi connectivity index (χ0) is 18.7. The number of hydrogen-bond acceptors (Lipinski definition) is 3. The number of nitrogens with one attached hydrogen (secondary N) is 2. The van der Waals surface area contributed by atoms with Crippen LogP contribution in [0.15, 0.2) is 29.3 Å². The van der Waals surface area contributed by atoms with Gasteiger partial charge in [-0.2, -0.15) is 0 Å². The Balaban J connectivity index is 0.00000261. The van der Waals surface area contributed by atoms with Crippen molar-refractivity contribution in [2.75, 3.05) is 38.1 Å². The maximum absolute atomic E-state index is 12.6. The first-order chi connectivity index (χ1) is 12.5. The number of carbonyl (C=O) groups excluding carboxylic acids is 1. The third-order valence-corrected chi connectivity index (χ3v) is 5.51. The number of nitrogens with zero attached hydrogens (tertiary/aromatic N) is 3. The van der Waals surface area contributed by atoms with Crippen LogP contribution in [0.3, 0.4) is 0 Å². The maximum atomic E-state index is 12.6. The summed E-state index contributed by atoms with van der Waals surface area (Å²) >= 11 is 0. The number of halogens is 1. The molecule has 2 atom stereocenters. The highest BCUT2D eigenvalue weighted by atomic mass is 127. The molecule has 150 valence electrons. The molecule has 3 rings (SSSR count). The zero-order valence-electron chi connectivity index (χ0n) is 16.7. The third kappa shape index (κ3) is 5.13. The Morgan fingerprint density at radius 3 is 2.70 bits per heavy atom. The summed E-state index contributed by atoms with van der Waals surface area (Å²) in [6, 6.07) is 9.04. The number of anilines is 1. The smallest absolute Gasteiger partial charge is 0.246 e. The molecule has 6 nitrogen and oxygen atoms in total. The highest BCUT2D eigenvalue weighted by Gasteiger charge is 2.31. The molecule has 0 aromatic heterocycles. The van der Waals surface area contributed by atoms with Crippen LogP contribution in [0.1, 0.15) is 26.3 Å². The van der Waals surface area contributed by atoms with E-state index < -0.39 is 0 Å². The number of likely N-dealkylation sites (tertiary alicyclic amines) is 1. The first-order valence-electron chi connectivity index (χ1n) is 9.59. The van der Waals surface area contributed by atoms with Crippen molar-refractivity contribution in [2.45, 2.75) is 39.3 Å². The average molecular weight is 485 g/mol. The standard InChI is InChI=1S/C20H31N5O.HI/c1-14(2)24-12-15(3)17(13-24)23-20(21-4)22-11-19(26)25-10-9-16-7-5-6-8-18(16)25;/h5-8,14-15,17H,9-13H2,1-4H3,(H2,21,22,23);1H. The van der Waals surface area contributed by atoms with Gasteiger partial charge in [0.15, 0.2) is 5.96 Å². The summed E-state index contributed by atoms with van der Waals surface area (Å²) in [4.78, 5) is 21.3. The lowest BCUT2D eigenvalue weighted by Crippen LogP contribution is -2.49. The minimum atomic E-state index is 0. The van der Waals surface area contributed by atoms with Gasteiger partial charge >= 0.3 is 0 Å². The molecule has 7 heteroatoms. The Labute approximate surface area is 179 Å². The third-order valence-electron chi connectivity index (χ3n) is 5.51. The Kier molecular flexibility index (Phi) is 7.91. The maximum Gasteiger partial charge on any atom is 0.246 e. The highest BCUT2D eigenvalue weighted by molar-refractivity contribution is 14.0. The van der Waals surface area contributed by atoms with Gasteiger partial charge in [0.1, 0.15) is 0 Å². The summed E-state index contributed by atoms with van der Waals surface area (Å²) in [7, 11) is 1.75. The number of aliphatic imine (C=N–C) groups is 1. The van der Waals surface area contributed by atoms with E-state index >= 15 is 0 Å². The van der Waals surface area contributed by atoms with Gasteiger partial charge in [0.25, 0.3) is 0 Å². The molecular formula is C20H32IN5O. The number of benzene rings is 1. The molecule has 2 heterocycles. The van der Waals surface area contributed by atoms with Crippen LogP contribution in [-0.4, -0.2) is 62.1 Å². The summed E-state index contributed by atoms with van der Waals surface area (Å²) in [5, 5.41) is 6.69. The van der Waals surface area contributed by atoms with Gasteiger partial charge in [-0.15, -0.1) is 24.0 Å². The Hall–Kier alpha value is -1.35. The van der Waals surface area contributed by atoms with Gasteiger partial charge in [-0.3, -0.25) is 14.7 Å². The number of guanidine groups is 1. The van der Waals surface area contributed by atoms with Crippen molar-refractivity contribution in [2.24, 2.45) is 10.9 Å². The number of carbonyl (C=O) groups is 1. The molecule has 0 aliphatic carbocycles. The van der Waals surface area contributed by atoms with E-state index in [1.165, 1.54) is 5.56 Å². The number of hydrogen-bond donors (Lipinski definition) is 2. The number of amides is 1. The quantitative estimate of drug-likeness (QED) is 0.390. The summed E-state index contributed by atoms with van der Waals surface area (Å²) in [6.07, 6.45) is 0.930. The molecule has 1 amide bonds. The van der Waals surface area contributed by atoms with Crippen LogP contribution in [0, 0.1) is 5.92 Å². The topological polar surface area (TPSA) is 60.0 Å². The largest absolute Gasteiger partial charge is 0.352 e. The normalized spacial score (nSPS) is 22.6. The molecule has 2 aliphatic rings. The van der Waals surface area contributed by atoms with Crippen molar-refractivity contribution in [1.82, 2.24) is 15.5 Å². The zero-order valence-corrected chi connectivity index (χ0v) is 19.1. The summed E-state index contributed by atoms with van der Waals surface area (Å²) < 4.78 is 0. The monoisotopic (exact) mass is 485 g/mol. The van der Waals surface area contributed by atoms with Gasteiger partial charge in [-0.05, 0) is 37.8 Å². The van der Waals surface area contributed by atoms with E-state index in [-0.39, 0.29) is 36.4 Å². The van der Waals surface area contributed by atoms with Crippen molar-refractivity contribution < 1.29 is 4.79 Å². The van der Waals surface area contributed by atoms with E-state index in [1.807, 2.05) is 23.1 Å². The lowest BCUT2D eigenvalue weighted by Gasteiger charge is -2.23. The van der Waals surface area contributed by atoms with Crippen molar-refractivity contribution in [1.29, 1.82) is 0 Å². The van der Waals surface area contributed by atoms with Gasteiger partial charge < -0.3 is 15.5 Å². The molecule has 0 spiro atoms. The number of rotatable bonds is 4. The summed E-state index contributed by atoms with van der Waals surface area (Å²) in [5.41, 5.74) is 2.29. The second-order valence-corrected chi connectivity index (χ2v) is 7.63. The predicted octanol–water partition coefficient (Wildman–Crippen LogP) is 2.09. The second kappa shape index (κ2) is 9.73. The van der Waals surface area contributed by atoms with E-state index in [1.54, 1.807) is 7.05 Å². The fraction of sp³-hybridized carbons (Fsp3) is 0.600. The molecule has 2 N–H and O–H groups in total. The fourth-order valence-electron chi connectivity index (χ4n) is 3.84. The van der Waals surface area contributed by atoms with Crippen LogP contribution in [0.2, 0.25) is 0 Å². The molecule has 2 unspecified atom stereocenters. The molecule has 1 saturated heterocycles. The van der Waals surface area contributed by atoms with Gasteiger partial charge in [-0.25, -0.2) is 0 Å². The second-order valence-electron chi connectivity index (χ2n) is 7.63. The number of fused-ring (bicyclic) bond motifs is 1. The molecule has 1 aromatic carbocycles. The van der Waals surface area contributed by atoms with Crippen LogP contribution in [0.5, 0.6) is 0 Å². The Morgan fingerprint density at radius 1 is 1.30 bits per heavy atom. The van der Waals surface area contributed by atoms with E-state index in [0.29, 0.717) is 24.0 Å². The molecule has 1 aromatic rings. The van der Waals surface area contributed by atoms with Gasteiger partial charge in [0.2, 0.25) is 5.91 Å².